The van der Waals surface area contributed by atoms with E-state index < -0.39 is 87.3 Å². The Morgan fingerprint density at radius 1 is 0.360 bits per heavy atom. The topological polar surface area (TPSA) is 494 Å². The van der Waals surface area contributed by atoms with Gasteiger partial charge in [0, 0.05) is 58.8 Å². The van der Waals surface area contributed by atoms with Crippen LogP contribution in [-0.2, 0) is 101 Å². The molecule has 0 radical (unpaired) electrons. The van der Waals surface area contributed by atoms with Crippen molar-refractivity contribution in [2.45, 2.75) is 314 Å². The fourth-order valence-corrected chi connectivity index (χ4v) is 14.4. The average molecular weight is 2150 g/mol. The maximum Gasteiger partial charge on any atom is 0.411 e. The summed E-state index contributed by atoms with van der Waals surface area (Å²) >= 11 is 0. The van der Waals surface area contributed by atoms with Crippen molar-refractivity contribution in [3.8, 4) is 0 Å². The molecule has 7 amide bonds. The Morgan fingerprint density at radius 3 is 1.09 bits per heavy atom. The molecule has 150 heavy (non-hydrogen) atoms. The predicted molar refractivity (Wildman–Crippen MR) is 590 cm³/mol. The Labute approximate surface area is 893 Å². The van der Waals surface area contributed by atoms with Gasteiger partial charge in [-0.1, -0.05) is 173 Å². The van der Waals surface area contributed by atoms with Crippen LogP contribution in [0.4, 0.5) is 74.3 Å². The number of methoxy groups -OCH3 is 1. The summed E-state index contributed by atoms with van der Waals surface area (Å²) in [6.45, 7) is 51.0. The molecule has 0 saturated carbocycles. The summed E-state index contributed by atoms with van der Waals surface area (Å²) in [6, 6.07) is 25.7. The first-order valence-electron chi connectivity index (χ1n) is 52.1. The second kappa shape index (κ2) is 72.6. The molecule has 0 heterocycles. The molecule has 5 aromatic rings. The fraction of sp³-hybridized carbons (Fsp3) is 0.622. The number of esters is 5. The summed E-state index contributed by atoms with van der Waals surface area (Å²) in [5, 5.41) is 26.8. The number of benzene rings is 5. The van der Waals surface area contributed by atoms with E-state index in [0.717, 1.165) is 55.9 Å². The van der Waals surface area contributed by atoms with Gasteiger partial charge in [-0.3, -0.25) is 65.4 Å². The van der Waals surface area contributed by atoms with Crippen molar-refractivity contribution in [1.29, 1.82) is 0 Å². The molecule has 0 aliphatic carbocycles. The number of nitrogens with zero attached hydrogens (tertiary/aromatic N) is 1. The van der Waals surface area contributed by atoms with E-state index in [1.165, 1.54) is 106 Å². The Hall–Kier alpha value is -11.8. The van der Waals surface area contributed by atoms with Gasteiger partial charge < -0.3 is 62.5 Å². The van der Waals surface area contributed by atoms with E-state index in [9.17, 15) is 74.4 Å². The number of amides is 7. The number of hydrogen-bond donors (Lipinski definition) is 9. The van der Waals surface area contributed by atoms with Crippen LogP contribution in [0.2, 0.25) is 0 Å². The zero-order valence-corrected chi connectivity index (χ0v) is 96.5. The van der Waals surface area contributed by atoms with Crippen molar-refractivity contribution in [3.05, 3.63) is 125 Å². The molecule has 3 atom stereocenters. The molecule has 3 unspecified atom stereocenters. The van der Waals surface area contributed by atoms with Gasteiger partial charge in [-0.25, -0.2) is 45.6 Å². The van der Waals surface area contributed by atoms with E-state index >= 15 is 0 Å². The smallest absolute Gasteiger partial charge is 0.411 e. The first-order chi connectivity index (χ1) is 70.4. The number of rotatable bonds is 55. The SMILES string of the molecule is CCC(C)(C)C(=O)OC.CCC(C)(C)C(=O)OCC(C)C.CCC(C)(C)C(=O)OCCO.CCC(C)C(=O)Nc1ccc(S(=O)(=O)Nc2c(C)cccc2C)cc1.CCCCCCCCCCCCOC(=O)C(C)(C)CC.CCCOC(=O)Nc1ccc(NC(=O)OCC(CC)(COC(=O)Nc2ccc(NC(=O)OCCOC(=O)C(C)CC)cc2C)COC(=O)Nc2ccc(NC(=O)OCCN(CCC)S(C)(=O)=O)cc2C)cc1C. The van der Waals surface area contributed by atoms with Crippen LogP contribution < -0.4 is 41.9 Å². The van der Waals surface area contributed by atoms with E-state index in [1.54, 1.807) is 77.1 Å². The first kappa shape index (κ1) is 138. The Morgan fingerprint density at radius 2 is 0.727 bits per heavy atom. The van der Waals surface area contributed by atoms with Gasteiger partial charge in [-0.05, 0) is 267 Å². The number of unbranched alkanes of at least 4 members (excludes halogenated alkanes) is 9. The third kappa shape index (κ3) is 56.9. The molecule has 5 aromatic carbocycles. The van der Waals surface area contributed by atoms with Crippen molar-refractivity contribution in [3.63, 3.8) is 0 Å². The summed E-state index contributed by atoms with van der Waals surface area (Å²) in [4.78, 5) is 146. The van der Waals surface area contributed by atoms with Crippen LogP contribution in [0.5, 0.6) is 0 Å². The molecule has 0 bridgehead atoms. The molecule has 39 heteroatoms. The van der Waals surface area contributed by atoms with E-state index in [4.69, 9.17) is 52.5 Å². The Bertz CT molecular complexity index is 5170. The van der Waals surface area contributed by atoms with Crippen LogP contribution in [0.3, 0.4) is 0 Å². The van der Waals surface area contributed by atoms with Crippen LogP contribution >= 0.6 is 0 Å². The summed E-state index contributed by atoms with van der Waals surface area (Å²) in [7, 11) is -5.74. The standard InChI is InChI=1S/C49H69N7O16S.C19H24N2O3S.C18H36O2.C10H20O2.C8H16O3.C7H14O2/c1-10-20-56(73(9,64)65)21-23-68-43(58)50-36-14-18-40(34(7)26-36)54-47(62)71-30-49(13-4,29-70-45(60)52-38-16-17-39(33(6)28-38)53-46(61)67-22-11-2)31-72-48(63)55-41-19-15-37(27-35(41)8)51-44(59)69-25-24-66-42(57)32(5)12-3;1-5-13(2)19(22)20-16-9-11-17(12-10-16)25(23,24)21-18-14(3)7-6-8-15(18)4;1-5-7-8-9-10-11-12-13-14-15-16-20-17(19)18(3,4)6-2;1-6-10(4,5)9(11)12-7-8(2)3;1-4-8(2,3)7(10)11-6-5-9;1-5-7(2,3)6(8)9-4/h14-19,26-28,32H,10-13,20-25,29-31H2,1-9H3,(H,50,58)(H,51,59)(H,52,60)(H,53,61)(H,54,62)(H,55,63);6-13,21H,5H2,1-4H3,(H,20,22);5-16H2,1-4H3;8H,6-7H2,1-5H3;9H,4-6H2,1-3H3;5H2,1-4H3. The van der Waals surface area contributed by atoms with Crippen molar-refractivity contribution in [2.75, 3.05) is 141 Å². The molecule has 0 fully saturated rings. The molecule has 848 valence electrons. The number of ether oxygens (including phenoxy) is 11. The summed E-state index contributed by atoms with van der Waals surface area (Å²) in [6.07, 6.45) is 15.3. The largest absolute Gasteiger partial charge is 0.469 e. The van der Waals surface area contributed by atoms with Crippen molar-refractivity contribution in [1.82, 2.24) is 4.31 Å². The monoisotopic (exact) mass is 2150 g/mol. The number of aliphatic hydroxyl groups is 1. The highest BCUT2D eigenvalue weighted by molar-refractivity contribution is 7.92. The van der Waals surface area contributed by atoms with Gasteiger partial charge in [0.1, 0.15) is 46.2 Å². The van der Waals surface area contributed by atoms with Gasteiger partial charge in [0.05, 0.1) is 83.4 Å². The zero-order chi connectivity index (χ0) is 114. The van der Waals surface area contributed by atoms with Gasteiger partial charge in [0.25, 0.3) is 10.0 Å². The number of hydrogen-bond acceptors (Lipinski definition) is 28. The lowest BCUT2D eigenvalue weighted by atomic mass is 9.88. The molecule has 9 N–H and O–H groups in total. The van der Waals surface area contributed by atoms with Gasteiger partial charge >= 0.3 is 66.4 Å². The van der Waals surface area contributed by atoms with Gasteiger partial charge in [0.15, 0.2) is 0 Å². The Balaban J connectivity index is 0.00000229. The zero-order valence-electron chi connectivity index (χ0n) is 94.8. The molecule has 0 spiro atoms. The number of nitrogens with one attached hydrogen (secondary N) is 8. The molecule has 0 aliphatic heterocycles. The molecule has 0 saturated heterocycles. The molecule has 0 aromatic heterocycles. The normalized spacial score (nSPS) is 12.0. The highest BCUT2D eigenvalue weighted by Gasteiger charge is 2.36. The van der Waals surface area contributed by atoms with Crippen molar-refractivity contribution >= 4 is 138 Å². The molecular formula is C111H179N9O28S2. The summed E-state index contributed by atoms with van der Waals surface area (Å²) < 4.78 is 110. The second-order valence-corrected chi connectivity index (χ2v) is 43.4. The maximum atomic E-state index is 13.3. The van der Waals surface area contributed by atoms with Crippen LogP contribution in [0.1, 0.15) is 302 Å². The van der Waals surface area contributed by atoms with Gasteiger partial charge in [0.2, 0.25) is 15.9 Å². The van der Waals surface area contributed by atoms with Crippen LogP contribution in [0, 0.1) is 79.4 Å². The number of aryl methyl sites for hydroxylation is 5. The highest BCUT2D eigenvalue weighted by atomic mass is 32.2. The van der Waals surface area contributed by atoms with Crippen molar-refractivity contribution < 1.29 is 132 Å². The number of aliphatic hydroxyl groups excluding tert-OH is 1. The molecule has 37 nitrogen and oxygen atoms in total. The lowest BCUT2D eigenvalue weighted by Crippen LogP contribution is -2.40. The van der Waals surface area contributed by atoms with Crippen LogP contribution in [-0.4, -0.2) is 198 Å². The molecular weight excluding hydrogens is 1970 g/mol. The summed E-state index contributed by atoms with van der Waals surface area (Å²) in [5.41, 5.74) is 4.06. The number of anilines is 8. The number of sulfonamides is 2. The minimum absolute atomic E-state index is 0.00670. The lowest BCUT2D eigenvalue weighted by molar-refractivity contribution is -0.155. The maximum absolute atomic E-state index is 13.3. The van der Waals surface area contributed by atoms with E-state index in [-0.39, 0.29) is 128 Å². The Kier molecular flexibility index (Phi) is 66.9. The first-order valence-corrected chi connectivity index (χ1v) is 55.5. The number of carbonyl (C=O) groups is 12. The van der Waals surface area contributed by atoms with Crippen molar-refractivity contribution in [2.24, 2.45) is 44.8 Å². The highest BCUT2D eigenvalue weighted by Crippen LogP contribution is 2.32. The van der Waals surface area contributed by atoms with E-state index in [0.29, 0.717) is 101 Å². The summed E-state index contributed by atoms with van der Waals surface area (Å²) in [5.74, 6) is -0.907. The lowest BCUT2D eigenvalue weighted by Gasteiger charge is -2.31. The predicted octanol–water partition coefficient (Wildman–Crippen LogP) is 24.5. The minimum atomic E-state index is -3.69. The fourth-order valence-electron chi connectivity index (χ4n) is 12.3. The van der Waals surface area contributed by atoms with Crippen LogP contribution in [0.15, 0.2) is 102 Å². The number of carbonyl (C=O) groups excluding carboxylic acids is 12. The quantitative estimate of drug-likeness (QED) is 0.00991. The second-order valence-electron chi connectivity index (χ2n) is 39.8. The van der Waals surface area contributed by atoms with Gasteiger partial charge in [-0.15, -0.1) is 0 Å². The van der Waals surface area contributed by atoms with E-state index in [1.807, 2.05) is 164 Å². The van der Waals surface area contributed by atoms with Gasteiger partial charge in [-0.2, -0.15) is 4.31 Å². The molecule has 0 aliphatic rings. The third-order valence-corrected chi connectivity index (χ3v) is 27.3. The van der Waals surface area contributed by atoms with E-state index in [2.05, 4.69) is 53.6 Å². The average Bonchev–Trinajstić information content (AvgIpc) is 0.806. The minimum Gasteiger partial charge on any atom is -0.469 e. The third-order valence-electron chi connectivity index (χ3n) is 24.7. The van der Waals surface area contributed by atoms with Crippen LogP contribution in [0.25, 0.3) is 0 Å². The number of para-hydroxylation sites is 1. The molecule has 5 rings (SSSR count).